The van der Waals surface area contributed by atoms with Crippen LogP contribution >= 0.6 is 11.6 Å². The van der Waals surface area contributed by atoms with Crippen molar-refractivity contribution in [3.63, 3.8) is 0 Å². The highest BCUT2D eigenvalue weighted by atomic mass is 35.5. The fourth-order valence-electron chi connectivity index (χ4n) is 1.67. The number of aliphatic hydroxyl groups is 1. The number of benzene rings is 1. The number of hydrogen-bond donors (Lipinski definition) is 3. The number of nitrogens with zero attached hydrogens (tertiary/aromatic N) is 1. The molecular weight excluding hydrogens is 245 g/mol. The highest BCUT2D eigenvalue weighted by Crippen LogP contribution is 2.36. The number of anilines is 3. The van der Waals surface area contributed by atoms with Gasteiger partial charge in [-0.1, -0.05) is 11.6 Å². The van der Waals surface area contributed by atoms with Crippen molar-refractivity contribution in [2.75, 3.05) is 36.1 Å². The lowest BCUT2D eigenvalue weighted by molar-refractivity contribution is 0.289. The van der Waals surface area contributed by atoms with Gasteiger partial charge in [0.15, 0.2) is 5.82 Å². The molecule has 0 aliphatic carbocycles. The van der Waals surface area contributed by atoms with Crippen LogP contribution in [0.5, 0.6) is 0 Å². The molecule has 0 bridgehead atoms. The fraction of sp³-hybridized carbons (Fsp3) is 0.455. The number of nitrogens with two attached hydrogens (primary N) is 2. The fourth-order valence-corrected chi connectivity index (χ4v) is 1.81. The maximum absolute atomic E-state index is 14.0. The summed E-state index contributed by atoms with van der Waals surface area (Å²) in [5.41, 5.74) is 11.9. The molecule has 1 aromatic rings. The van der Waals surface area contributed by atoms with Crippen LogP contribution in [0.4, 0.5) is 21.5 Å². The third kappa shape index (κ3) is 2.92. The van der Waals surface area contributed by atoms with Crippen LogP contribution in [-0.2, 0) is 0 Å². The minimum atomic E-state index is -0.607. The molecule has 1 aromatic carbocycles. The van der Waals surface area contributed by atoms with Crippen molar-refractivity contribution in [1.82, 2.24) is 0 Å². The van der Waals surface area contributed by atoms with Crippen LogP contribution in [0.3, 0.4) is 0 Å². The van der Waals surface area contributed by atoms with Crippen LogP contribution in [-0.4, -0.2) is 24.8 Å². The predicted molar refractivity (Wildman–Crippen MR) is 69.8 cm³/mol. The SMILES string of the molecule is CCN(CCCO)c1c(N)cc(N)c(Cl)c1F. The molecular formula is C11H17ClFN3O. The normalized spacial score (nSPS) is 10.6. The van der Waals surface area contributed by atoms with Crippen LogP contribution in [0, 0.1) is 5.82 Å². The molecule has 6 heteroatoms. The van der Waals surface area contributed by atoms with E-state index in [0.717, 1.165) is 0 Å². The average Bonchev–Trinajstić information content (AvgIpc) is 2.30. The molecule has 4 nitrogen and oxygen atoms in total. The second kappa shape index (κ2) is 5.93. The molecule has 0 aliphatic rings. The van der Waals surface area contributed by atoms with Gasteiger partial charge in [0.2, 0.25) is 0 Å². The van der Waals surface area contributed by atoms with Crippen molar-refractivity contribution in [1.29, 1.82) is 0 Å². The van der Waals surface area contributed by atoms with Gasteiger partial charge in [0.05, 0.1) is 17.1 Å². The van der Waals surface area contributed by atoms with E-state index in [2.05, 4.69) is 0 Å². The van der Waals surface area contributed by atoms with Gasteiger partial charge in [0.25, 0.3) is 0 Å². The summed E-state index contributed by atoms with van der Waals surface area (Å²) in [6.07, 6.45) is 0.536. The maximum Gasteiger partial charge on any atom is 0.169 e. The van der Waals surface area contributed by atoms with E-state index in [4.69, 9.17) is 28.2 Å². The van der Waals surface area contributed by atoms with Gasteiger partial charge in [-0.25, -0.2) is 4.39 Å². The Bertz CT molecular complexity index is 401. The Morgan fingerprint density at radius 2 is 2.06 bits per heavy atom. The molecule has 0 aromatic heterocycles. The molecule has 0 fully saturated rings. The largest absolute Gasteiger partial charge is 0.397 e. The second-order valence-corrected chi connectivity index (χ2v) is 4.07. The molecule has 0 atom stereocenters. The molecule has 17 heavy (non-hydrogen) atoms. The first-order valence-corrected chi connectivity index (χ1v) is 5.79. The van der Waals surface area contributed by atoms with Gasteiger partial charge in [0, 0.05) is 19.7 Å². The van der Waals surface area contributed by atoms with Gasteiger partial charge in [-0.2, -0.15) is 0 Å². The molecule has 96 valence electrons. The van der Waals surface area contributed by atoms with E-state index in [-0.39, 0.29) is 28.7 Å². The van der Waals surface area contributed by atoms with Crippen molar-refractivity contribution >= 4 is 28.7 Å². The first-order valence-electron chi connectivity index (χ1n) is 5.41. The summed E-state index contributed by atoms with van der Waals surface area (Å²) in [5, 5.41) is 8.68. The Kier molecular flexibility index (Phi) is 4.84. The van der Waals surface area contributed by atoms with Gasteiger partial charge in [-0.15, -0.1) is 0 Å². The van der Waals surface area contributed by atoms with Crippen molar-refractivity contribution in [3.05, 3.63) is 16.9 Å². The molecule has 0 heterocycles. The topological polar surface area (TPSA) is 75.5 Å². The molecule has 0 saturated carbocycles. The van der Waals surface area contributed by atoms with Crippen molar-refractivity contribution in [2.45, 2.75) is 13.3 Å². The lowest BCUT2D eigenvalue weighted by Gasteiger charge is -2.25. The number of hydrogen-bond acceptors (Lipinski definition) is 4. The van der Waals surface area contributed by atoms with Gasteiger partial charge >= 0.3 is 0 Å². The molecule has 5 N–H and O–H groups in total. The summed E-state index contributed by atoms with van der Waals surface area (Å²) in [4.78, 5) is 1.73. The molecule has 0 spiro atoms. The lowest BCUT2D eigenvalue weighted by atomic mass is 10.2. The minimum Gasteiger partial charge on any atom is -0.397 e. The molecule has 0 saturated heterocycles. The summed E-state index contributed by atoms with van der Waals surface area (Å²) < 4.78 is 14.0. The standard InChI is InChI=1S/C11H17ClFN3O/c1-2-16(4-3-5-17)11-8(15)6-7(14)9(12)10(11)13/h6,17H,2-5,14-15H2,1H3. The van der Waals surface area contributed by atoms with Gasteiger partial charge < -0.3 is 21.5 Å². The highest BCUT2D eigenvalue weighted by molar-refractivity contribution is 6.33. The second-order valence-electron chi connectivity index (χ2n) is 3.69. The zero-order valence-electron chi connectivity index (χ0n) is 9.71. The highest BCUT2D eigenvalue weighted by Gasteiger charge is 2.18. The van der Waals surface area contributed by atoms with Crippen molar-refractivity contribution < 1.29 is 9.50 Å². The Hall–Kier alpha value is -1.20. The van der Waals surface area contributed by atoms with Crippen LogP contribution in [0.25, 0.3) is 0 Å². The van der Waals surface area contributed by atoms with E-state index in [0.29, 0.717) is 19.5 Å². The Morgan fingerprint density at radius 3 is 2.59 bits per heavy atom. The van der Waals surface area contributed by atoms with Gasteiger partial charge in [-0.3, -0.25) is 0 Å². The Morgan fingerprint density at radius 1 is 1.41 bits per heavy atom. The zero-order valence-corrected chi connectivity index (χ0v) is 10.5. The van der Waals surface area contributed by atoms with E-state index in [1.165, 1.54) is 6.07 Å². The maximum atomic E-state index is 14.0. The van der Waals surface area contributed by atoms with E-state index < -0.39 is 5.82 Å². The van der Waals surface area contributed by atoms with E-state index in [1.807, 2.05) is 6.92 Å². The van der Waals surface area contributed by atoms with Crippen LogP contribution in [0.2, 0.25) is 5.02 Å². The quantitative estimate of drug-likeness (QED) is 0.707. The zero-order chi connectivity index (χ0) is 13.0. The Balaban J connectivity index is 3.14. The lowest BCUT2D eigenvalue weighted by Crippen LogP contribution is -2.27. The summed E-state index contributed by atoms with van der Waals surface area (Å²) in [6.45, 7) is 3.00. The minimum absolute atomic E-state index is 0.0424. The first kappa shape index (κ1) is 13.9. The molecule has 1 rings (SSSR count). The average molecular weight is 262 g/mol. The number of rotatable bonds is 5. The molecule has 0 unspecified atom stereocenters. The van der Waals surface area contributed by atoms with Crippen LogP contribution < -0.4 is 16.4 Å². The van der Waals surface area contributed by atoms with Gasteiger partial charge in [0.1, 0.15) is 5.02 Å². The first-order chi connectivity index (χ1) is 8.02. The number of aliphatic hydroxyl groups excluding tert-OH is 1. The smallest absolute Gasteiger partial charge is 0.169 e. The third-order valence-corrected chi connectivity index (χ3v) is 2.91. The molecule has 0 amide bonds. The van der Waals surface area contributed by atoms with Crippen LogP contribution in [0.15, 0.2) is 6.07 Å². The van der Waals surface area contributed by atoms with E-state index >= 15 is 0 Å². The third-order valence-electron chi connectivity index (χ3n) is 2.52. The monoisotopic (exact) mass is 261 g/mol. The van der Waals surface area contributed by atoms with E-state index in [1.54, 1.807) is 4.90 Å². The molecule has 0 radical (unpaired) electrons. The summed E-state index contributed by atoms with van der Waals surface area (Å²) in [6, 6.07) is 1.45. The van der Waals surface area contributed by atoms with Crippen molar-refractivity contribution in [2.24, 2.45) is 0 Å². The molecule has 0 aliphatic heterocycles. The summed E-state index contributed by atoms with van der Waals surface area (Å²) in [7, 11) is 0. The predicted octanol–water partition coefficient (Wildman–Crippen LogP) is 1.85. The summed E-state index contributed by atoms with van der Waals surface area (Å²) in [5.74, 6) is -0.607. The summed E-state index contributed by atoms with van der Waals surface area (Å²) >= 11 is 5.76. The number of nitrogen functional groups attached to an aromatic ring is 2. The van der Waals surface area contributed by atoms with Crippen molar-refractivity contribution in [3.8, 4) is 0 Å². The Labute approximate surface area is 105 Å². The number of halogens is 2. The van der Waals surface area contributed by atoms with E-state index in [9.17, 15) is 4.39 Å². The van der Waals surface area contributed by atoms with Crippen LogP contribution in [0.1, 0.15) is 13.3 Å². The van der Waals surface area contributed by atoms with Gasteiger partial charge in [-0.05, 0) is 19.4 Å².